The Hall–Kier alpha value is -3.28. The van der Waals surface area contributed by atoms with Gasteiger partial charge in [-0.3, -0.25) is 4.79 Å². The van der Waals surface area contributed by atoms with Crippen molar-refractivity contribution in [1.29, 1.82) is 0 Å². The molecule has 0 spiro atoms. The quantitative estimate of drug-likeness (QED) is 0.362. The number of fused-ring (bicyclic) bond motifs is 1. The highest BCUT2D eigenvalue weighted by atomic mass is 35.5. The molecule has 0 amide bonds. The third-order valence-electron chi connectivity index (χ3n) is 5.78. The first kappa shape index (κ1) is 23.9. The fourth-order valence-corrected chi connectivity index (χ4v) is 4.35. The van der Waals surface area contributed by atoms with Gasteiger partial charge in [-0.1, -0.05) is 59.6 Å². The van der Waals surface area contributed by atoms with E-state index in [1.165, 1.54) is 6.92 Å². The van der Waals surface area contributed by atoms with E-state index in [-0.39, 0.29) is 11.9 Å². The van der Waals surface area contributed by atoms with Crippen molar-refractivity contribution in [2.24, 2.45) is 0 Å². The lowest BCUT2D eigenvalue weighted by molar-refractivity contribution is -0.113. The van der Waals surface area contributed by atoms with Crippen LogP contribution in [0.15, 0.2) is 78.0 Å². The van der Waals surface area contributed by atoms with E-state index in [0.717, 1.165) is 16.8 Å². The Morgan fingerprint density at radius 2 is 1.68 bits per heavy atom. The minimum Gasteiger partial charge on any atom is -0.454 e. The molecule has 0 radical (unpaired) electrons. The first-order valence-electron chi connectivity index (χ1n) is 10.8. The van der Waals surface area contributed by atoms with E-state index < -0.39 is 12.0 Å². The molecule has 0 aliphatic carbocycles. The summed E-state index contributed by atoms with van der Waals surface area (Å²) in [5.41, 5.74) is 4.77. The van der Waals surface area contributed by atoms with Crippen LogP contribution in [0, 0.1) is 0 Å². The summed E-state index contributed by atoms with van der Waals surface area (Å²) >= 11 is 12.3. The second-order valence-corrected chi connectivity index (χ2v) is 9.00. The van der Waals surface area contributed by atoms with Crippen LogP contribution in [0.2, 0.25) is 10.0 Å². The molecule has 3 aromatic rings. The highest BCUT2D eigenvalue weighted by Gasteiger charge is 2.28. The smallest absolute Gasteiger partial charge is 0.338 e. The number of rotatable bonds is 5. The number of allylic oxidation sites excluding steroid dienone is 1. The molecule has 0 fully saturated rings. The van der Waals surface area contributed by atoms with Crippen LogP contribution in [0.5, 0.6) is 0 Å². The first-order chi connectivity index (χ1) is 16.2. The van der Waals surface area contributed by atoms with Gasteiger partial charge in [0, 0.05) is 11.3 Å². The summed E-state index contributed by atoms with van der Waals surface area (Å²) in [6.45, 7) is 5.20. The van der Waals surface area contributed by atoms with E-state index in [1.807, 2.05) is 50.2 Å². The van der Waals surface area contributed by atoms with E-state index in [9.17, 15) is 9.59 Å². The van der Waals surface area contributed by atoms with Gasteiger partial charge in [-0.05, 0) is 62.2 Å². The molecule has 2 unspecified atom stereocenters. The topological polar surface area (TPSA) is 67.4 Å². The summed E-state index contributed by atoms with van der Waals surface area (Å²) in [7, 11) is 0. The Morgan fingerprint density at radius 1 is 0.941 bits per heavy atom. The van der Waals surface area contributed by atoms with Crippen LogP contribution in [0.4, 0.5) is 11.4 Å². The minimum atomic E-state index is -0.447. The van der Waals surface area contributed by atoms with E-state index in [4.69, 9.17) is 27.9 Å². The van der Waals surface area contributed by atoms with Crippen LogP contribution in [0.25, 0.3) is 0 Å². The number of anilines is 2. The first-order valence-corrected chi connectivity index (χ1v) is 11.6. The number of benzene rings is 3. The highest BCUT2D eigenvalue weighted by Crippen LogP contribution is 2.39. The standard InChI is InChI=1S/C27H24Cl2N2O3/c1-15-25(16(2)32)26(19-9-11-21(28)22(29)13-19)31-23-12-10-20(14-24(23)30-15)27(33)34-17(3)18-7-5-4-6-8-18/h4-14,17,26,30-31H,1-3H3. The van der Waals surface area contributed by atoms with Crippen LogP contribution in [-0.2, 0) is 9.53 Å². The van der Waals surface area contributed by atoms with Gasteiger partial charge in [0.1, 0.15) is 6.10 Å². The summed E-state index contributed by atoms with van der Waals surface area (Å²) in [6.07, 6.45) is -0.386. The van der Waals surface area contributed by atoms with Crippen molar-refractivity contribution in [2.45, 2.75) is 32.9 Å². The fraction of sp³-hybridized carbons (Fsp3) is 0.185. The molecule has 1 aliphatic rings. The van der Waals surface area contributed by atoms with E-state index in [2.05, 4.69) is 10.6 Å². The van der Waals surface area contributed by atoms with Crippen molar-refractivity contribution >= 4 is 46.3 Å². The second kappa shape index (κ2) is 9.92. The molecule has 2 N–H and O–H groups in total. The Kier molecular flexibility index (Phi) is 6.96. The molecular weight excluding hydrogens is 471 g/mol. The van der Waals surface area contributed by atoms with Gasteiger partial charge in [0.25, 0.3) is 0 Å². The van der Waals surface area contributed by atoms with Crippen molar-refractivity contribution in [1.82, 2.24) is 0 Å². The lowest BCUT2D eigenvalue weighted by Gasteiger charge is -2.22. The second-order valence-electron chi connectivity index (χ2n) is 8.19. The third kappa shape index (κ3) is 4.96. The molecule has 0 saturated carbocycles. The van der Waals surface area contributed by atoms with Crippen LogP contribution >= 0.6 is 23.2 Å². The normalized spacial score (nSPS) is 16.0. The highest BCUT2D eigenvalue weighted by molar-refractivity contribution is 6.42. The number of hydrogen-bond donors (Lipinski definition) is 2. The maximum atomic E-state index is 12.8. The van der Waals surface area contributed by atoms with Gasteiger partial charge in [-0.25, -0.2) is 4.79 Å². The molecule has 1 heterocycles. The molecule has 5 nitrogen and oxygen atoms in total. The van der Waals surface area contributed by atoms with Crippen LogP contribution in [0.3, 0.4) is 0 Å². The lowest BCUT2D eigenvalue weighted by Crippen LogP contribution is -2.18. The monoisotopic (exact) mass is 494 g/mol. The average molecular weight is 495 g/mol. The Morgan fingerprint density at radius 3 is 2.35 bits per heavy atom. The van der Waals surface area contributed by atoms with Crippen molar-refractivity contribution < 1.29 is 14.3 Å². The number of carbonyl (C=O) groups excluding carboxylic acids is 2. The van der Waals surface area contributed by atoms with Gasteiger partial charge in [-0.15, -0.1) is 0 Å². The van der Waals surface area contributed by atoms with Gasteiger partial charge in [-0.2, -0.15) is 0 Å². The molecular formula is C27H24Cl2N2O3. The number of halogens is 2. The number of nitrogens with one attached hydrogen (secondary N) is 2. The fourth-order valence-electron chi connectivity index (χ4n) is 4.04. The molecule has 2 atom stereocenters. The zero-order valence-electron chi connectivity index (χ0n) is 19.0. The largest absolute Gasteiger partial charge is 0.454 e. The molecule has 7 heteroatoms. The van der Waals surface area contributed by atoms with Gasteiger partial charge < -0.3 is 15.4 Å². The molecule has 0 bridgehead atoms. The Bertz CT molecular complexity index is 1290. The van der Waals surface area contributed by atoms with Gasteiger partial charge >= 0.3 is 5.97 Å². The molecule has 34 heavy (non-hydrogen) atoms. The summed E-state index contributed by atoms with van der Waals surface area (Å²) in [5, 5.41) is 7.56. The van der Waals surface area contributed by atoms with Crippen LogP contribution in [0.1, 0.15) is 54.4 Å². The van der Waals surface area contributed by atoms with Gasteiger partial charge in [0.05, 0.1) is 33.0 Å². The van der Waals surface area contributed by atoms with Crippen LogP contribution < -0.4 is 10.6 Å². The number of carbonyl (C=O) groups is 2. The van der Waals surface area contributed by atoms with Crippen molar-refractivity contribution in [3.8, 4) is 0 Å². The molecule has 174 valence electrons. The predicted molar refractivity (Wildman–Crippen MR) is 137 cm³/mol. The number of ketones is 1. The number of ether oxygens (including phenoxy) is 1. The van der Waals surface area contributed by atoms with Crippen molar-refractivity contribution in [3.05, 3.63) is 105 Å². The van der Waals surface area contributed by atoms with E-state index in [1.54, 1.807) is 30.3 Å². The van der Waals surface area contributed by atoms with E-state index in [0.29, 0.717) is 32.6 Å². The van der Waals surface area contributed by atoms with Crippen molar-refractivity contribution in [3.63, 3.8) is 0 Å². The molecule has 4 rings (SSSR count). The Labute approximate surface area is 208 Å². The van der Waals surface area contributed by atoms with Crippen molar-refractivity contribution in [2.75, 3.05) is 10.6 Å². The summed E-state index contributed by atoms with van der Waals surface area (Å²) in [5.74, 6) is -0.516. The number of hydrogen-bond acceptors (Lipinski definition) is 5. The maximum Gasteiger partial charge on any atom is 0.338 e. The SMILES string of the molecule is CC(=O)C1=C(C)Nc2cc(C(=O)OC(C)c3ccccc3)ccc2NC1c1ccc(Cl)c(Cl)c1. The molecule has 1 aliphatic heterocycles. The number of Topliss-reactive ketones (excluding diaryl/α,β-unsaturated/α-hetero) is 1. The summed E-state index contributed by atoms with van der Waals surface area (Å²) in [6, 6.07) is 19.6. The van der Waals surface area contributed by atoms with Crippen LogP contribution in [-0.4, -0.2) is 11.8 Å². The average Bonchev–Trinajstić information content (AvgIpc) is 2.96. The third-order valence-corrected chi connectivity index (χ3v) is 6.52. The van der Waals surface area contributed by atoms with Gasteiger partial charge in [0.2, 0.25) is 0 Å². The number of esters is 1. The molecule has 0 aromatic heterocycles. The van der Waals surface area contributed by atoms with Gasteiger partial charge in [0.15, 0.2) is 5.78 Å². The Balaban J connectivity index is 1.66. The minimum absolute atomic E-state index is 0.0855. The summed E-state index contributed by atoms with van der Waals surface area (Å²) < 4.78 is 5.67. The predicted octanol–water partition coefficient (Wildman–Crippen LogP) is 7.35. The zero-order chi connectivity index (χ0) is 24.4. The zero-order valence-corrected chi connectivity index (χ0v) is 20.5. The van der Waals surface area contributed by atoms with E-state index >= 15 is 0 Å². The lowest BCUT2D eigenvalue weighted by atomic mass is 9.94. The maximum absolute atomic E-state index is 12.8. The molecule has 3 aromatic carbocycles. The molecule has 0 saturated heterocycles. The summed E-state index contributed by atoms with van der Waals surface area (Å²) in [4.78, 5) is 25.5.